The molecule has 0 saturated carbocycles. The zero-order valence-electron chi connectivity index (χ0n) is 17.3. The first kappa shape index (κ1) is 27.3. The minimum atomic E-state index is -0.209. The molecule has 138 valence electrons. The topological polar surface area (TPSA) is 32.5 Å². The van der Waals surface area contributed by atoms with Crippen LogP contribution in [0.4, 0.5) is 4.39 Å². The van der Waals surface area contributed by atoms with E-state index in [1.165, 1.54) is 18.2 Å². The van der Waals surface area contributed by atoms with E-state index in [9.17, 15) is 4.39 Å². The fourth-order valence-electron chi connectivity index (χ4n) is 2.77. The van der Waals surface area contributed by atoms with Crippen molar-refractivity contribution in [2.24, 2.45) is 5.73 Å². The van der Waals surface area contributed by atoms with E-state index in [0.29, 0.717) is 5.70 Å². The number of benzene rings is 1. The third-order valence-corrected chi connectivity index (χ3v) is 3.67. The van der Waals surface area contributed by atoms with Gasteiger partial charge in [0.15, 0.2) is 0 Å². The summed E-state index contributed by atoms with van der Waals surface area (Å²) in [6.45, 7) is 13.7. The molecular weight excluding hydrogens is 340 g/mol. The fourth-order valence-corrected chi connectivity index (χ4v) is 2.77. The van der Waals surface area contributed by atoms with Crippen molar-refractivity contribution in [1.29, 1.82) is 0 Å². The molecule has 25 heavy (non-hydrogen) atoms. The SMILES string of the molecule is C=C(N)C1CCCN1[C-](CN(C)C)c1ccc(F)cc1.CC.CC.[K+]. The maximum Gasteiger partial charge on any atom is 1.00 e. The third-order valence-electron chi connectivity index (χ3n) is 3.67. The molecule has 2 N–H and O–H groups in total. The summed E-state index contributed by atoms with van der Waals surface area (Å²) in [6, 6.07) is 8.06. The van der Waals surface area contributed by atoms with Crippen LogP contribution in [0.5, 0.6) is 0 Å². The molecule has 0 radical (unpaired) electrons. The van der Waals surface area contributed by atoms with Gasteiger partial charge < -0.3 is 15.5 Å². The molecule has 0 bridgehead atoms. The second kappa shape index (κ2) is 15.2. The van der Waals surface area contributed by atoms with E-state index in [2.05, 4.69) is 16.4 Å². The molecule has 0 amide bonds. The van der Waals surface area contributed by atoms with Crippen molar-refractivity contribution in [1.82, 2.24) is 9.80 Å². The smallest absolute Gasteiger partial charge is 0.401 e. The Kier molecular flexibility index (Phi) is 16.6. The molecule has 1 unspecified atom stereocenters. The summed E-state index contributed by atoms with van der Waals surface area (Å²) < 4.78 is 13.1. The molecule has 1 aliphatic heterocycles. The first-order chi connectivity index (χ1) is 11.5. The predicted molar refractivity (Wildman–Crippen MR) is 103 cm³/mol. The summed E-state index contributed by atoms with van der Waals surface area (Å²) in [5.74, 6) is -0.209. The number of likely N-dealkylation sites (N-methyl/N-ethyl adjacent to an activating group) is 1. The third kappa shape index (κ3) is 9.04. The average molecular weight is 376 g/mol. The molecule has 1 atom stereocenters. The number of rotatable bonds is 5. The summed E-state index contributed by atoms with van der Waals surface area (Å²) in [7, 11) is 4.07. The maximum absolute atomic E-state index is 13.1. The Morgan fingerprint density at radius 1 is 1.24 bits per heavy atom. The molecule has 1 heterocycles. The van der Waals surface area contributed by atoms with E-state index in [4.69, 9.17) is 5.73 Å². The quantitative estimate of drug-likeness (QED) is 0.621. The van der Waals surface area contributed by atoms with Crippen molar-refractivity contribution < 1.29 is 55.8 Å². The van der Waals surface area contributed by atoms with Gasteiger partial charge in [0.05, 0.1) is 5.82 Å². The van der Waals surface area contributed by atoms with Gasteiger partial charge in [0.1, 0.15) is 0 Å². The van der Waals surface area contributed by atoms with Crippen LogP contribution >= 0.6 is 0 Å². The monoisotopic (exact) mass is 375 g/mol. The minimum absolute atomic E-state index is 0. The van der Waals surface area contributed by atoms with Crippen molar-refractivity contribution >= 4 is 0 Å². The van der Waals surface area contributed by atoms with Crippen LogP contribution in [-0.2, 0) is 0 Å². The van der Waals surface area contributed by atoms with Crippen LogP contribution in [0.25, 0.3) is 0 Å². The number of likely N-dealkylation sites (tertiary alicyclic amines) is 1. The van der Waals surface area contributed by atoms with Gasteiger partial charge in [-0.1, -0.05) is 52.4 Å². The van der Waals surface area contributed by atoms with Gasteiger partial charge in [-0.15, -0.1) is 0 Å². The van der Waals surface area contributed by atoms with Crippen LogP contribution in [0.1, 0.15) is 46.1 Å². The van der Waals surface area contributed by atoms with E-state index in [1.807, 2.05) is 53.9 Å². The molecule has 0 aliphatic carbocycles. The Bertz CT molecular complexity index is 463. The standard InChI is InChI=1S/C16H23FN3.2C2H6.K/c1-12(18)15-5-4-10-20(15)16(11-19(2)3)13-6-8-14(17)9-7-13;2*1-2;/h6-9,15H,1,4-5,10-11,18H2,2-3H3;2*1-2H3;/q-1;;;+1. The van der Waals surface area contributed by atoms with E-state index in [-0.39, 0.29) is 63.2 Å². The van der Waals surface area contributed by atoms with E-state index < -0.39 is 0 Å². The van der Waals surface area contributed by atoms with Crippen LogP contribution in [0, 0.1) is 11.9 Å². The second-order valence-electron chi connectivity index (χ2n) is 5.62. The molecule has 1 aromatic rings. The van der Waals surface area contributed by atoms with Gasteiger partial charge in [0.25, 0.3) is 0 Å². The molecule has 0 spiro atoms. The van der Waals surface area contributed by atoms with Gasteiger partial charge >= 0.3 is 51.4 Å². The van der Waals surface area contributed by atoms with E-state index in [0.717, 1.165) is 31.5 Å². The Morgan fingerprint density at radius 3 is 2.20 bits per heavy atom. The first-order valence-electron chi connectivity index (χ1n) is 8.96. The van der Waals surface area contributed by atoms with Crippen molar-refractivity contribution in [3.8, 4) is 0 Å². The zero-order chi connectivity index (χ0) is 18.7. The van der Waals surface area contributed by atoms with Crippen LogP contribution in [0.2, 0.25) is 0 Å². The molecular formula is C20H35FKN3. The van der Waals surface area contributed by atoms with E-state index >= 15 is 0 Å². The van der Waals surface area contributed by atoms with Crippen LogP contribution in [0.15, 0.2) is 36.5 Å². The Labute approximate surface area is 197 Å². The molecule has 1 saturated heterocycles. The van der Waals surface area contributed by atoms with Gasteiger partial charge in [-0.2, -0.15) is 17.7 Å². The normalized spacial score (nSPS) is 16.1. The molecule has 1 aliphatic rings. The Morgan fingerprint density at radius 2 is 1.76 bits per heavy atom. The summed E-state index contributed by atoms with van der Waals surface area (Å²) in [5.41, 5.74) is 7.69. The van der Waals surface area contributed by atoms with Crippen LogP contribution < -0.4 is 57.1 Å². The van der Waals surface area contributed by atoms with Crippen molar-refractivity contribution in [3.63, 3.8) is 0 Å². The van der Waals surface area contributed by atoms with Gasteiger partial charge in [-0.05, 0) is 40.0 Å². The van der Waals surface area contributed by atoms with Gasteiger partial charge in [0.2, 0.25) is 0 Å². The Balaban J connectivity index is 0. The number of hydrogen-bond donors (Lipinski definition) is 1. The summed E-state index contributed by atoms with van der Waals surface area (Å²) in [5, 5.41) is 0. The molecule has 1 fully saturated rings. The van der Waals surface area contributed by atoms with Gasteiger partial charge in [-0.25, -0.2) is 4.39 Å². The summed E-state index contributed by atoms with van der Waals surface area (Å²) >= 11 is 0. The molecule has 1 aromatic carbocycles. The summed E-state index contributed by atoms with van der Waals surface area (Å²) in [6.07, 6.45) is 2.15. The van der Waals surface area contributed by atoms with Crippen LogP contribution in [0.3, 0.4) is 0 Å². The van der Waals surface area contributed by atoms with Gasteiger partial charge in [0, 0.05) is 11.7 Å². The molecule has 5 heteroatoms. The molecule has 2 rings (SSSR count). The maximum atomic E-state index is 13.1. The number of nitrogens with zero attached hydrogens (tertiary/aromatic N) is 2. The number of hydrogen-bond acceptors (Lipinski definition) is 3. The summed E-state index contributed by atoms with van der Waals surface area (Å²) in [4.78, 5) is 4.43. The average Bonchev–Trinajstić information content (AvgIpc) is 3.07. The van der Waals surface area contributed by atoms with E-state index in [1.54, 1.807) is 0 Å². The zero-order valence-corrected chi connectivity index (χ0v) is 20.4. The van der Waals surface area contributed by atoms with Gasteiger partial charge in [-0.3, -0.25) is 0 Å². The largest absolute Gasteiger partial charge is 1.00 e. The molecule has 0 aromatic heterocycles. The van der Waals surface area contributed by atoms with Crippen molar-refractivity contribution in [2.75, 3.05) is 27.2 Å². The van der Waals surface area contributed by atoms with Crippen molar-refractivity contribution in [3.05, 3.63) is 54.0 Å². The number of halogens is 1. The van der Waals surface area contributed by atoms with Crippen LogP contribution in [-0.4, -0.2) is 43.0 Å². The first-order valence-corrected chi connectivity index (χ1v) is 8.96. The minimum Gasteiger partial charge on any atom is -0.401 e. The Hall–Kier alpha value is 0.116. The number of nitrogens with two attached hydrogens (primary N) is 1. The molecule has 3 nitrogen and oxygen atoms in total. The van der Waals surface area contributed by atoms with Crippen molar-refractivity contribution in [2.45, 2.75) is 46.6 Å². The fraction of sp³-hybridized carbons (Fsp3) is 0.550. The predicted octanol–water partition coefficient (Wildman–Crippen LogP) is 1.26. The second-order valence-corrected chi connectivity index (χ2v) is 5.62.